The molecule has 2 rings (SSSR count). The number of nitro groups is 1. The predicted molar refractivity (Wildman–Crippen MR) is 101 cm³/mol. The van der Waals surface area contributed by atoms with Crippen LogP contribution in [-0.2, 0) is 4.79 Å². The van der Waals surface area contributed by atoms with Crippen LogP contribution in [0.25, 0.3) is 0 Å². The molecule has 0 aliphatic carbocycles. The second kappa shape index (κ2) is 9.45. The van der Waals surface area contributed by atoms with Gasteiger partial charge >= 0.3 is 0 Å². The number of benzene rings is 2. The van der Waals surface area contributed by atoms with Crippen molar-refractivity contribution in [2.45, 2.75) is 13.0 Å². The summed E-state index contributed by atoms with van der Waals surface area (Å²) in [4.78, 5) is 22.5. The van der Waals surface area contributed by atoms with Gasteiger partial charge in [0.15, 0.2) is 18.1 Å². The smallest absolute Gasteiger partial charge is 0.273 e. The Morgan fingerprint density at radius 2 is 1.75 bits per heavy atom. The van der Waals surface area contributed by atoms with Gasteiger partial charge in [-0.25, -0.2) is 0 Å². The van der Waals surface area contributed by atoms with Gasteiger partial charge in [-0.05, 0) is 30.7 Å². The lowest BCUT2D eigenvalue weighted by molar-refractivity contribution is -0.384. The number of carbonyl (C=O) groups is 1. The summed E-state index contributed by atoms with van der Waals surface area (Å²) in [6, 6.07) is 8.76. The monoisotopic (exact) mass is 390 g/mol. The van der Waals surface area contributed by atoms with Gasteiger partial charge in [0.1, 0.15) is 5.75 Å². The molecule has 0 heterocycles. The van der Waals surface area contributed by atoms with Crippen LogP contribution in [0.15, 0.2) is 36.4 Å². The van der Waals surface area contributed by atoms with Crippen molar-refractivity contribution in [3.63, 3.8) is 0 Å². The minimum Gasteiger partial charge on any atom is -0.493 e. The molecular weight excluding hydrogens is 368 g/mol. The largest absolute Gasteiger partial charge is 0.493 e. The van der Waals surface area contributed by atoms with E-state index in [1.165, 1.54) is 39.5 Å². The summed E-state index contributed by atoms with van der Waals surface area (Å²) >= 11 is 0. The molecule has 150 valence electrons. The number of hydrogen-bond acceptors (Lipinski definition) is 7. The van der Waals surface area contributed by atoms with Crippen LogP contribution in [0.2, 0.25) is 0 Å². The SMILES string of the molecule is COc1cc(C(C)NC(=O)COc2cccc([N+](=O)[O-])c2)cc(OC)c1OC. The van der Waals surface area contributed by atoms with Crippen molar-refractivity contribution in [2.75, 3.05) is 27.9 Å². The molecule has 2 aromatic carbocycles. The van der Waals surface area contributed by atoms with Crippen molar-refractivity contribution in [3.8, 4) is 23.0 Å². The van der Waals surface area contributed by atoms with Gasteiger partial charge in [-0.1, -0.05) is 6.07 Å². The molecule has 0 spiro atoms. The molecule has 0 bridgehead atoms. The van der Waals surface area contributed by atoms with Crippen LogP contribution in [0.5, 0.6) is 23.0 Å². The predicted octanol–water partition coefficient (Wildman–Crippen LogP) is 2.88. The summed E-state index contributed by atoms with van der Waals surface area (Å²) in [5.74, 6) is 1.27. The maximum Gasteiger partial charge on any atom is 0.273 e. The molecule has 0 radical (unpaired) electrons. The molecule has 1 N–H and O–H groups in total. The lowest BCUT2D eigenvalue weighted by atomic mass is 10.1. The fraction of sp³-hybridized carbons (Fsp3) is 0.316. The second-order valence-corrected chi connectivity index (χ2v) is 5.79. The summed E-state index contributed by atoms with van der Waals surface area (Å²) in [7, 11) is 4.53. The van der Waals surface area contributed by atoms with Crippen molar-refractivity contribution in [1.29, 1.82) is 0 Å². The molecule has 1 atom stereocenters. The lowest BCUT2D eigenvalue weighted by Gasteiger charge is -2.19. The first-order valence-corrected chi connectivity index (χ1v) is 8.36. The maximum atomic E-state index is 12.2. The lowest BCUT2D eigenvalue weighted by Crippen LogP contribution is -2.31. The van der Waals surface area contributed by atoms with Gasteiger partial charge < -0.3 is 24.3 Å². The summed E-state index contributed by atoms with van der Waals surface area (Å²) in [5.41, 5.74) is 0.641. The summed E-state index contributed by atoms with van der Waals surface area (Å²) < 4.78 is 21.2. The van der Waals surface area contributed by atoms with Crippen molar-refractivity contribution < 1.29 is 28.7 Å². The Labute approximate surface area is 162 Å². The number of hydrogen-bond donors (Lipinski definition) is 1. The highest BCUT2D eigenvalue weighted by Crippen LogP contribution is 2.39. The van der Waals surface area contributed by atoms with Crippen molar-refractivity contribution in [3.05, 3.63) is 52.1 Å². The van der Waals surface area contributed by atoms with E-state index in [1.807, 2.05) is 0 Å². The van der Waals surface area contributed by atoms with Gasteiger partial charge in [0.05, 0.1) is 38.4 Å². The number of ether oxygens (including phenoxy) is 4. The zero-order chi connectivity index (χ0) is 20.7. The van der Waals surface area contributed by atoms with Crippen LogP contribution in [0.4, 0.5) is 5.69 Å². The van der Waals surface area contributed by atoms with Gasteiger partial charge in [-0.2, -0.15) is 0 Å². The van der Waals surface area contributed by atoms with Gasteiger partial charge in [0.2, 0.25) is 5.75 Å². The Kier molecular flexibility index (Phi) is 7.02. The molecule has 1 unspecified atom stereocenters. The first-order valence-electron chi connectivity index (χ1n) is 8.36. The molecule has 0 aliphatic heterocycles. The molecule has 28 heavy (non-hydrogen) atoms. The van der Waals surface area contributed by atoms with E-state index >= 15 is 0 Å². The molecule has 0 fully saturated rings. The zero-order valence-corrected chi connectivity index (χ0v) is 16.1. The third-order valence-electron chi connectivity index (χ3n) is 3.96. The molecule has 0 aromatic heterocycles. The Morgan fingerprint density at radius 3 is 2.29 bits per heavy atom. The summed E-state index contributed by atoms with van der Waals surface area (Å²) in [6.45, 7) is 1.52. The topological polar surface area (TPSA) is 109 Å². The van der Waals surface area contributed by atoms with Crippen LogP contribution < -0.4 is 24.3 Å². The molecule has 9 nitrogen and oxygen atoms in total. The fourth-order valence-corrected chi connectivity index (χ4v) is 2.55. The van der Waals surface area contributed by atoms with Gasteiger partial charge in [0, 0.05) is 6.07 Å². The van der Waals surface area contributed by atoms with Gasteiger partial charge in [-0.3, -0.25) is 14.9 Å². The summed E-state index contributed by atoms with van der Waals surface area (Å²) in [5, 5.41) is 13.6. The second-order valence-electron chi connectivity index (χ2n) is 5.79. The van der Waals surface area contributed by atoms with Crippen molar-refractivity contribution in [1.82, 2.24) is 5.32 Å². The highest BCUT2D eigenvalue weighted by molar-refractivity contribution is 5.78. The Hall–Kier alpha value is -3.49. The normalized spacial score (nSPS) is 11.3. The van der Waals surface area contributed by atoms with E-state index in [2.05, 4.69) is 5.32 Å². The first kappa shape index (κ1) is 20.8. The van der Waals surface area contributed by atoms with Crippen molar-refractivity contribution >= 4 is 11.6 Å². The number of amides is 1. The van der Waals surface area contributed by atoms with Crippen LogP contribution in [-0.4, -0.2) is 38.8 Å². The number of nitro benzene ring substituents is 1. The Morgan fingerprint density at radius 1 is 1.11 bits per heavy atom. The number of nitrogens with zero attached hydrogens (tertiary/aromatic N) is 1. The maximum absolute atomic E-state index is 12.2. The first-order chi connectivity index (χ1) is 13.4. The molecule has 2 aromatic rings. The third kappa shape index (κ3) is 5.03. The highest BCUT2D eigenvalue weighted by Gasteiger charge is 2.18. The fourth-order valence-electron chi connectivity index (χ4n) is 2.55. The number of carbonyl (C=O) groups excluding carboxylic acids is 1. The molecule has 0 saturated heterocycles. The quantitative estimate of drug-likeness (QED) is 0.518. The molecule has 0 aliphatic rings. The summed E-state index contributed by atoms with van der Waals surface area (Å²) in [6.07, 6.45) is 0. The van der Waals surface area contributed by atoms with E-state index in [1.54, 1.807) is 25.1 Å². The molecule has 1 amide bonds. The van der Waals surface area contributed by atoms with Gasteiger partial charge in [0.25, 0.3) is 11.6 Å². The number of methoxy groups -OCH3 is 3. The van der Waals surface area contributed by atoms with E-state index in [4.69, 9.17) is 18.9 Å². The number of nitrogens with one attached hydrogen (secondary N) is 1. The number of rotatable bonds is 9. The number of non-ortho nitro benzene ring substituents is 1. The van der Waals surface area contributed by atoms with Gasteiger partial charge in [-0.15, -0.1) is 0 Å². The van der Waals surface area contributed by atoms with E-state index in [-0.39, 0.29) is 30.0 Å². The standard InChI is InChI=1S/C19H22N2O7/c1-12(13-8-16(25-2)19(27-4)17(9-13)26-3)20-18(22)11-28-15-7-5-6-14(10-15)21(23)24/h5-10,12H,11H2,1-4H3,(H,20,22). The highest BCUT2D eigenvalue weighted by atomic mass is 16.6. The molecular formula is C19H22N2O7. The van der Waals surface area contributed by atoms with Crippen molar-refractivity contribution in [2.24, 2.45) is 0 Å². The minimum absolute atomic E-state index is 0.108. The van der Waals surface area contributed by atoms with E-state index in [9.17, 15) is 14.9 Å². The third-order valence-corrected chi connectivity index (χ3v) is 3.96. The van der Waals surface area contributed by atoms with E-state index < -0.39 is 4.92 Å². The molecule has 9 heteroatoms. The minimum atomic E-state index is -0.528. The van der Waals surface area contributed by atoms with Crippen LogP contribution in [0.1, 0.15) is 18.5 Å². The van der Waals surface area contributed by atoms with Crippen LogP contribution >= 0.6 is 0 Å². The van der Waals surface area contributed by atoms with Crippen LogP contribution in [0, 0.1) is 10.1 Å². The van der Waals surface area contributed by atoms with Crippen LogP contribution in [0.3, 0.4) is 0 Å². The molecule has 0 saturated carbocycles. The van der Waals surface area contributed by atoms with E-state index in [0.717, 1.165) is 5.56 Å². The Balaban J connectivity index is 2.04. The van der Waals surface area contributed by atoms with E-state index in [0.29, 0.717) is 17.2 Å². The Bertz CT molecular complexity index is 829. The average molecular weight is 390 g/mol. The average Bonchev–Trinajstić information content (AvgIpc) is 2.71. The zero-order valence-electron chi connectivity index (χ0n) is 16.1.